The van der Waals surface area contributed by atoms with Crippen LogP contribution in [0.15, 0.2) is 17.5 Å². The van der Waals surface area contributed by atoms with E-state index in [0.717, 1.165) is 30.6 Å². The SMILES string of the molecule is CS(=O)(=O)CCC(=O)N(Cc1cccs1)CC1CCCO1. The fourth-order valence-electron chi connectivity index (χ4n) is 2.31. The molecule has 1 aliphatic rings. The van der Waals surface area contributed by atoms with Gasteiger partial charge in [0, 0.05) is 30.7 Å². The first-order valence-electron chi connectivity index (χ1n) is 7.03. The Kier molecular flexibility index (Phi) is 5.78. The standard InChI is InChI=1S/C14H21NO4S2/c1-21(17,18)9-6-14(16)15(10-12-4-2-7-19-12)11-13-5-3-8-20-13/h3,5,8,12H,2,4,6-7,9-11H2,1H3. The van der Waals surface area contributed by atoms with Gasteiger partial charge in [-0.1, -0.05) is 6.07 Å². The number of amides is 1. The second kappa shape index (κ2) is 7.38. The number of carbonyl (C=O) groups is 1. The first-order chi connectivity index (χ1) is 9.94. The van der Waals surface area contributed by atoms with Gasteiger partial charge in [0.15, 0.2) is 0 Å². The summed E-state index contributed by atoms with van der Waals surface area (Å²) in [4.78, 5) is 15.1. The average Bonchev–Trinajstić information content (AvgIpc) is 3.07. The van der Waals surface area contributed by atoms with Crippen molar-refractivity contribution in [3.05, 3.63) is 22.4 Å². The van der Waals surface area contributed by atoms with E-state index in [0.29, 0.717) is 13.1 Å². The molecule has 7 heteroatoms. The number of hydrogen-bond donors (Lipinski definition) is 0. The summed E-state index contributed by atoms with van der Waals surface area (Å²) in [5.74, 6) is -0.220. The van der Waals surface area contributed by atoms with Gasteiger partial charge in [-0.15, -0.1) is 11.3 Å². The summed E-state index contributed by atoms with van der Waals surface area (Å²) in [7, 11) is -3.12. The zero-order valence-corrected chi connectivity index (χ0v) is 13.8. The summed E-state index contributed by atoms with van der Waals surface area (Å²) in [6.45, 7) is 1.82. The Hall–Kier alpha value is -0.920. The topological polar surface area (TPSA) is 63.7 Å². The second-order valence-electron chi connectivity index (χ2n) is 5.37. The van der Waals surface area contributed by atoms with Crippen LogP contribution >= 0.6 is 11.3 Å². The van der Waals surface area contributed by atoms with Crippen molar-refractivity contribution in [2.75, 3.05) is 25.2 Å². The van der Waals surface area contributed by atoms with Gasteiger partial charge in [0.25, 0.3) is 0 Å². The van der Waals surface area contributed by atoms with Crippen molar-refractivity contribution < 1.29 is 17.9 Å². The maximum absolute atomic E-state index is 12.3. The van der Waals surface area contributed by atoms with Crippen molar-refractivity contribution in [2.24, 2.45) is 0 Å². The zero-order valence-electron chi connectivity index (χ0n) is 12.2. The summed E-state index contributed by atoms with van der Waals surface area (Å²) < 4.78 is 28.0. The largest absolute Gasteiger partial charge is 0.376 e. The molecule has 0 N–H and O–H groups in total. The Bertz CT molecular complexity index is 548. The van der Waals surface area contributed by atoms with Gasteiger partial charge in [0.2, 0.25) is 5.91 Å². The smallest absolute Gasteiger partial charge is 0.224 e. The molecule has 1 saturated heterocycles. The molecule has 0 saturated carbocycles. The quantitative estimate of drug-likeness (QED) is 0.763. The van der Waals surface area contributed by atoms with Crippen LogP contribution in [0.3, 0.4) is 0 Å². The first kappa shape index (κ1) is 16.5. The molecule has 1 unspecified atom stereocenters. The van der Waals surface area contributed by atoms with Gasteiger partial charge >= 0.3 is 0 Å². The van der Waals surface area contributed by atoms with Gasteiger partial charge in [-0.05, 0) is 24.3 Å². The lowest BCUT2D eigenvalue weighted by Gasteiger charge is -2.25. The Morgan fingerprint density at radius 1 is 1.52 bits per heavy atom. The van der Waals surface area contributed by atoms with Crippen LogP contribution in [-0.2, 0) is 25.9 Å². The summed E-state index contributed by atoms with van der Waals surface area (Å²) in [6.07, 6.45) is 3.25. The molecule has 2 heterocycles. The molecule has 1 atom stereocenters. The van der Waals surface area contributed by atoms with Crippen LogP contribution in [0.2, 0.25) is 0 Å². The Balaban J connectivity index is 1.97. The molecule has 1 fully saturated rings. The third-order valence-electron chi connectivity index (χ3n) is 3.41. The van der Waals surface area contributed by atoms with E-state index in [1.54, 1.807) is 16.2 Å². The van der Waals surface area contributed by atoms with Crippen molar-refractivity contribution >= 4 is 27.1 Å². The maximum atomic E-state index is 12.3. The van der Waals surface area contributed by atoms with Gasteiger partial charge in [-0.25, -0.2) is 8.42 Å². The zero-order chi connectivity index (χ0) is 15.3. The summed E-state index contributed by atoms with van der Waals surface area (Å²) in [5, 5.41) is 1.97. The van der Waals surface area contributed by atoms with Gasteiger partial charge in [0.05, 0.1) is 18.4 Å². The van der Waals surface area contributed by atoms with Crippen LogP contribution in [-0.4, -0.2) is 50.5 Å². The molecule has 0 aromatic carbocycles. The molecule has 0 spiro atoms. The minimum atomic E-state index is -3.12. The number of thiophene rings is 1. The lowest BCUT2D eigenvalue weighted by molar-refractivity contribution is -0.133. The van der Waals surface area contributed by atoms with E-state index in [1.165, 1.54) is 0 Å². The molecule has 0 aliphatic carbocycles. The van der Waals surface area contributed by atoms with E-state index in [2.05, 4.69) is 0 Å². The van der Waals surface area contributed by atoms with E-state index in [9.17, 15) is 13.2 Å². The van der Waals surface area contributed by atoms with E-state index >= 15 is 0 Å². The van der Waals surface area contributed by atoms with Gasteiger partial charge in [-0.2, -0.15) is 0 Å². The maximum Gasteiger partial charge on any atom is 0.224 e. The molecular weight excluding hydrogens is 310 g/mol. The van der Waals surface area contributed by atoms with Crippen LogP contribution in [0, 0.1) is 0 Å². The van der Waals surface area contributed by atoms with Crippen LogP contribution in [0.4, 0.5) is 0 Å². The monoisotopic (exact) mass is 331 g/mol. The summed E-state index contributed by atoms with van der Waals surface area (Å²) >= 11 is 1.60. The Morgan fingerprint density at radius 3 is 2.90 bits per heavy atom. The molecule has 1 aliphatic heterocycles. The van der Waals surface area contributed by atoms with Crippen molar-refractivity contribution in [3.8, 4) is 0 Å². The number of ether oxygens (including phenoxy) is 1. The van der Waals surface area contributed by atoms with E-state index in [4.69, 9.17) is 4.74 Å². The third kappa shape index (κ3) is 5.76. The molecule has 1 aromatic heterocycles. The number of sulfone groups is 1. The Morgan fingerprint density at radius 2 is 2.33 bits per heavy atom. The molecule has 0 bridgehead atoms. The first-order valence-corrected chi connectivity index (χ1v) is 9.97. The average molecular weight is 331 g/mol. The van der Waals surface area contributed by atoms with Crippen molar-refractivity contribution in [2.45, 2.75) is 31.9 Å². The molecule has 21 heavy (non-hydrogen) atoms. The Labute approximate surface area is 129 Å². The minimum absolute atomic E-state index is 0.0386. The molecular formula is C14H21NO4S2. The lowest BCUT2D eigenvalue weighted by Crippen LogP contribution is -2.37. The normalized spacial score (nSPS) is 18.8. The highest BCUT2D eigenvalue weighted by Gasteiger charge is 2.23. The van der Waals surface area contributed by atoms with Gasteiger partial charge < -0.3 is 9.64 Å². The number of rotatable bonds is 7. The van der Waals surface area contributed by atoms with E-state index in [-0.39, 0.29) is 24.2 Å². The molecule has 0 radical (unpaired) electrons. The fraction of sp³-hybridized carbons (Fsp3) is 0.643. The number of carbonyl (C=O) groups excluding carboxylic acids is 1. The highest BCUT2D eigenvalue weighted by atomic mass is 32.2. The predicted molar refractivity (Wildman–Crippen MR) is 83.0 cm³/mol. The van der Waals surface area contributed by atoms with Crippen molar-refractivity contribution in [3.63, 3.8) is 0 Å². The lowest BCUT2D eigenvalue weighted by atomic mass is 10.2. The number of hydrogen-bond acceptors (Lipinski definition) is 5. The van der Waals surface area contributed by atoms with Gasteiger partial charge in [-0.3, -0.25) is 4.79 Å². The molecule has 2 rings (SSSR count). The summed E-state index contributed by atoms with van der Waals surface area (Å²) in [6, 6.07) is 3.93. The van der Waals surface area contributed by atoms with Crippen molar-refractivity contribution in [1.82, 2.24) is 4.90 Å². The second-order valence-corrected chi connectivity index (χ2v) is 8.66. The molecule has 118 valence electrons. The van der Waals surface area contributed by atoms with Crippen LogP contribution < -0.4 is 0 Å². The third-order valence-corrected chi connectivity index (χ3v) is 5.22. The number of nitrogens with zero attached hydrogens (tertiary/aromatic N) is 1. The summed E-state index contributed by atoms with van der Waals surface area (Å²) in [5.41, 5.74) is 0. The van der Waals surface area contributed by atoms with Gasteiger partial charge in [0.1, 0.15) is 9.84 Å². The minimum Gasteiger partial charge on any atom is -0.376 e. The highest BCUT2D eigenvalue weighted by molar-refractivity contribution is 7.90. The molecule has 1 amide bonds. The van der Waals surface area contributed by atoms with Crippen LogP contribution in [0.25, 0.3) is 0 Å². The van der Waals surface area contributed by atoms with Crippen LogP contribution in [0.1, 0.15) is 24.1 Å². The van der Waals surface area contributed by atoms with Crippen LogP contribution in [0.5, 0.6) is 0 Å². The molecule has 1 aromatic rings. The fourth-order valence-corrected chi connectivity index (χ4v) is 3.58. The predicted octanol–water partition coefficient (Wildman–Crippen LogP) is 1.69. The van der Waals surface area contributed by atoms with E-state index in [1.807, 2.05) is 17.5 Å². The van der Waals surface area contributed by atoms with E-state index < -0.39 is 9.84 Å². The highest BCUT2D eigenvalue weighted by Crippen LogP contribution is 2.18. The molecule has 5 nitrogen and oxygen atoms in total. The van der Waals surface area contributed by atoms with Crippen molar-refractivity contribution in [1.29, 1.82) is 0 Å².